The van der Waals surface area contributed by atoms with E-state index >= 15 is 0 Å². The van der Waals surface area contributed by atoms with E-state index in [1.54, 1.807) is 0 Å². The minimum Gasteiger partial charge on any atom is -0.356 e. The summed E-state index contributed by atoms with van der Waals surface area (Å²) in [4.78, 5) is 9.63. The van der Waals surface area contributed by atoms with Crippen LogP contribution in [0.1, 0.15) is 45.1 Å². The molecule has 1 saturated carbocycles. The highest BCUT2D eigenvalue weighted by atomic mass is 127. The zero-order chi connectivity index (χ0) is 20.5. The largest absolute Gasteiger partial charge is 0.356 e. The van der Waals surface area contributed by atoms with Gasteiger partial charge < -0.3 is 20.4 Å². The van der Waals surface area contributed by atoms with Gasteiger partial charge in [0.2, 0.25) is 0 Å². The fourth-order valence-electron chi connectivity index (χ4n) is 4.95. The second-order valence-corrected chi connectivity index (χ2v) is 9.00. The number of rotatable bonds is 8. The first-order valence-electron chi connectivity index (χ1n) is 11.6. The van der Waals surface area contributed by atoms with Crippen LogP contribution in [0.5, 0.6) is 0 Å². The highest BCUT2D eigenvalue weighted by Crippen LogP contribution is 2.40. The molecule has 1 aromatic rings. The van der Waals surface area contributed by atoms with Gasteiger partial charge in [0.1, 0.15) is 0 Å². The summed E-state index contributed by atoms with van der Waals surface area (Å²) < 4.78 is 0. The molecule has 0 aromatic heterocycles. The van der Waals surface area contributed by atoms with Crippen LogP contribution in [0, 0.1) is 5.92 Å². The van der Waals surface area contributed by atoms with Gasteiger partial charge in [0.05, 0.1) is 0 Å². The van der Waals surface area contributed by atoms with Crippen LogP contribution in [0.2, 0.25) is 0 Å². The molecular weight excluding hydrogens is 485 g/mol. The highest BCUT2D eigenvalue weighted by molar-refractivity contribution is 14.0. The van der Waals surface area contributed by atoms with Gasteiger partial charge >= 0.3 is 0 Å². The molecule has 30 heavy (non-hydrogen) atoms. The molecule has 2 fully saturated rings. The lowest BCUT2D eigenvalue weighted by molar-refractivity contribution is 0.124. The van der Waals surface area contributed by atoms with E-state index in [2.05, 4.69) is 69.6 Å². The van der Waals surface area contributed by atoms with Gasteiger partial charge in [-0.15, -0.1) is 24.0 Å². The van der Waals surface area contributed by atoms with Crippen molar-refractivity contribution in [3.8, 4) is 0 Å². The summed E-state index contributed by atoms with van der Waals surface area (Å²) in [6.45, 7) is 13.7. The standard InChI is InChI=1S/C24H41N5.HI/c1-4-28-14-16-29(17-15-28)19-21(2)18-26-23(25-3)27-20-24(12-8-9-13-24)22-10-6-5-7-11-22;/h5-7,10-11,21H,4,8-9,12-20H2,1-3H3,(H2,25,26,27);1H. The molecule has 2 N–H and O–H groups in total. The molecule has 1 atom stereocenters. The quantitative estimate of drug-likeness (QED) is 0.309. The van der Waals surface area contributed by atoms with Crippen molar-refractivity contribution >= 4 is 29.9 Å². The van der Waals surface area contributed by atoms with Crippen LogP contribution in [0.4, 0.5) is 0 Å². The van der Waals surface area contributed by atoms with Gasteiger partial charge in [0, 0.05) is 58.3 Å². The van der Waals surface area contributed by atoms with Crippen molar-refractivity contribution in [1.82, 2.24) is 20.4 Å². The van der Waals surface area contributed by atoms with Gasteiger partial charge in [-0.25, -0.2) is 0 Å². The Balaban J connectivity index is 0.00000320. The average molecular weight is 528 g/mol. The number of guanidine groups is 1. The SMILES string of the molecule is CCN1CCN(CC(C)CNC(=NC)NCC2(c3ccccc3)CCCC2)CC1.I. The Bertz CT molecular complexity index is 622. The fraction of sp³-hybridized carbons (Fsp3) is 0.708. The van der Waals surface area contributed by atoms with Gasteiger partial charge in [0.15, 0.2) is 5.96 Å². The Kier molecular flexibility index (Phi) is 10.9. The van der Waals surface area contributed by atoms with E-state index in [-0.39, 0.29) is 29.4 Å². The second kappa shape index (κ2) is 12.9. The Morgan fingerprint density at radius 3 is 2.27 bits per heavy atom. The van der Waals surface area contributed by atoms with Crippen LogP contribution in [-0.2, 0) is 5.41 Å². The first kappa shape index (κ1) is 25.4. The predicted molar refractivity (Wildman–Crippen MR) is 139 cm³/mol. The summed E-state index contributed by atoms with van der Waals surface area (Å²) in [5.41, 5.74) is 1.73. The van der Waals surface area contributed by atoms with E-state index in [1.807, 2.05) is 7.05 Å². The molecular formula is C24H42IN5. The maximum Gasteiger partial charge on any atom is 0.191 e. The van der Waals surface area contributed by atoms with Crippen molar-refractivity contribution in [1.29, 1.82) is 0 Å². The summed E-state index contributed by atoms with van der Waals surface area (Å²) in [5, 5.41) is 7.21. The molecule has 1 aromatic carbocycles. The van der Waals surface area contributed by atoms with Crippen LogP contribution >= 0.6 is 24.0 Å². The Hall–Kier alpha value is -0.860. The third-order valence-electron chi connectivity index (χ3n) is 6.86. The van der Waals surface area contributed by atoms with E-state index in [9.17, 15) is 0 Å². The number of nitrogens with zero attached hydrogens (tertiary/aromatic N) is 3. The molecule has 6 heteroatoms. The predicted octanol–water partition coefficient (Wildman–Crippen LogP) is 3.56. The molecule has 1 aliphatic heterocycles. The van der Waals surface area contributed by atoms with E-state index in [1.165, 1.54) is 64.0 Å². The molecule has 3 rings (SSSR count). The zero-order valence-electron chi connectivity index (χ0n) is 19.2. The topological polar surface area (TPSA) is 42.9 Å². The van der Waals surface area contributed by atoms with E-state index < -0.39 is 0 Å². The smallest absolute Gasteiger partial charge is 0.191 e. The first-order chi connectivity index (χ1) is 14.1. The second-order valence-electron chi connectivity index (χ2n) is 9.00. The molecule has 2 aliphatic rings. The van der Waals surface area contributed by atoms with Crippen molar-refractivity contribution in [2.75, 3.05) is 59.4 Å². The third kappa shape index (κ3) is 7.09. The minimum atomic E-state index is 0. The summed E-state index contributed by atoms with van der Waals surface area (Å²) in [5.74, 6) is 1.55. The average Bonchev–Trinajstić information content (AvgIpc) is 3.25. The number of nitrogens with one attached hydrogen (secondary N) is 2. The van der Waals surface area contributed by atoms with Crippen LogP contribution in [0.3, 0.4) is 0 Å². The van der Waals surface area contributed by atoms with Gasteiger partial charge in [-0.3, -0.25) is 4.99 Å². The minimum absolute atomic E-state index is 0. The Morgan fingerprint density at radius 1 is 1.03 bits per heavy atom. The molecule has 0 amide bonds. The summed E-state index contributed by atoms with van der Waals surface area (Å²) in [6, 6.07) is 11.0. The van der Waals surface area contributed by atoms with Gasteiger partial charge in [-0.05, 0) is 30.9 Å². The molecule has 1 heterocycles. The number of benzene rings is 1. The Labute approximate surface area is 201 Å². The van der Waals surface area contributed by atoms with Gasteiger partial charge in [-0.1, -0.05) is 57.0 Å². The number of halogens is 1. The van der Waals surface area contributed by atoms with Crippen molar-refractivity contribution in [2.45, 2.75) is 44.9 Å². The van der Waals surface area contributed by atoms with Gasteiger partial charge in [0.25, 0.3) is 0 Å². The maximum atomic E-state index is 4.49. The van der Waals surface area contributed by atoms with Crippen molar-refractivity contribution in [3.05, 3.63) is 35.9 Å². The number of aliphatic imine (C=N–C) groups is 1. The molecule has 170 valence electrons. The van der Waals surface area contributed by atoms with Crippen LogP contribution in [0.25, 0.3) is 0 Å². The zero-order valence-corrected chi connectivity index (χ0v) is 21.5. The summed E-state index contributed by atoms with van der Waals surface area (Å²) in [7, 11) is 1.88. The lowest BCUT2D eigenvalue weighted by Crippen LogP contribution is -2.49. The third-order valence-corrected chi connectivity index (χ3v) is 6.86. The van der Waals surface area contributed by atoms with Crippen LogP contribution in [-0.4, -0.2) is 75.2 Å². The molecule has 0 radical (unpaired) electrons. The molecule has 1 unspecified atom stereocenters. The first-order valence-corrected chi connectivity index (χ1v) is 11.6. The fourth-order valence-corrected chi connectivity index (χ4v) is 4.95. The number of piperazine rings is 1. The van der Waals surface area contributed by atoms with Crippen LogP contribution in [0.15, 0.2) is 35.3 Å². The van der Waals surface area contributed by atoms with Crippen molar-refractivity contribution in [2.24, 2.45) is 10.9 Å². The number of hydrogen-bond donors (Lipinski definition) is 2. The molecule has 0 bridgehead atoms. The Morgan fingerprint density at radius 2 is 1.67 bits per heavy atom. The van der Waals surface area contributed by atoms with E-state index in [4.69, 9.17) is 0 Å². The molecule has 5 nitrogen and oxygen atoms in total. The molecule has 1 saturated heterocycles. The lowest BCUT2D eigenvalue weighted by atomic mass is 9.79. The van der Waals surface area contributed by atoms with Crippen molar-refractivity contribution in [3.63, 3.8) is 0 Å². The summed E-state index contributed by atoms with van der Waals surface area (Å²) in [6.07, 6.45) is 5.18. The lowest BCUT2D eigenvalue weighted by Gasteiger charge is -2.35. The monoisotopic (exact) mass is 527 g/mol. The molecule has 0 spiro atoms. The summed E-state index contributed by atoms with van der Waals surface area (Å²) >= 11 is 0. The van der Waals surface area contributed by atoms with Crippen molar-refractivity contribution < 1.29 is 0 Å². The maximum absolute atomic E-state index is 4.49. The number of hydrogen-bond acceptors (Lipinski definition) is 3. The van der Waals surface area contributed by atoms with Gasteiger partial charge in [-0.2, -0.15) is 0 Å². The number of likely N-dealkylation sites (N-methyl/N-ethyl adjacent to an activating group) is 1. The van der Waals surface area contributed by atoms with E-state index in [0.29, 0.717) is 5.92 Å². The highest BCUT2D eigenvalue weighted by Gasteiger charge is 2.35. The normalized spacial score (nSPS) is 21.1. The molecule has 1 aliphatic carbocycles. The van der Waals surface area contributed by atoms with E-state index in [0.717, 1.165) is 25.6 Å². The van der Waals surface area contributed by atoms with Crippen LogP contribution < -0.4 is 10.6 Å².